The lowest BCUT2D eigenvalue weighted by molar-refractivity contribution is 0.552. The van der Waals surface area contributed by atoms with Gasteiger partial charge in [-0.05, 0) is 38.0 Å². The first-order valence-electron chi connectivity index (χ1n) is 5.81. The Balaban J connectivity index is 3.19. The minimum absolute atomic E-state index is 0.0776. The standard InChI is InChI=1S/C13H18BrF2N/c1-4-5-17(9(2)3)13-11(15)6-10(8-14)7-12(13)16/h6-7,9H,4-5,8H2,1-3H3. The van der Waals surface area contributed by atoms with Gasteiger partial charge < -0.3 is 4.90 Å². The summed E-state index contributed by atoms with van der Waals surface area (Å²) in [6.45, 7) is 6.52. The minimum atomic E-state index is -0.485. The molecule has 0 aromatic heterocycles. The molecule has 0 saturated carbocycles. The number of nitrogens with zero attached hydrogens (tertiary/aromatic N) is 1. The van der Waals surface area contributed by atoms with Crippen LogP contribution in [0.15, 0.2) is 12.1 Å². The highest BCUT2D eigenvalue weighted by molar-refractivity contribution is 9.08. The smallest absolute Gasteiger partial charge is 0.149 e. The van der Waals surface area contributed by atoms with Gasteiger partial charge in [0.2, 0.25) is 0 Å². The number of alkyl halides is 1. The topological polar surface area (TPSA) is 3.24 Å². The van der Waals surface area contributed by atoms with E-state index in [-0.39, 0.29) is 11.7 Å². The zero-order valence-corrected chi connectivity index (χ0v) is 12.0. The molecule has 1 nitrogen and oxygen atoms in total. The van der Waals surface area contributed by atoms with E-state index >= 15 is 0 Å². The molecular formula is C13H18BrF2N. The third-order valence-electron chi connectivity index (χ3n) is 2.61. The Bertz CT molecular complexity index is 357. The molecule has 0 amide bonds. The molecule has 4 heteroatoms. The summed E-state index contributed by atoms with van der Waals surface area (Å²) in [5.74, 6) is -0.969. The van der Waals surface area contributed by atoms with Crippen molar-refractivity contribution < 1.29 is 8.78 Å². The molecule has 0 bridgehead atoms. The minimum Gasteiger partial charge on any atom is -0.364 e. The lowest BCUT2D eigenvalue weighted by Crippen LogP contribution is -2.33. The maximum Gasteiger partial charge on any atom is 0.149 e. The second-order valence-corrected chi connectivity index (χ2v) is 4.89. The molecule has 0 saturated heterocycles. The van der Waals surface area contributed by atoms with Crippen molar-refractivity contribution >= 4 is 21.6 Å². The van der Waals surface area contributed by atoms with Crippen molar-refractivity contribution in [2.75, 3.05) is 11.4 Å². The van der Waals surface area contributed by atoms with Gasteiger partial charge in [0.25, 0.3) is 0 Å². The maximum atomic E-state index is 13.9. The fourth-order valence-electron chi connectivity index (χ4n) is 1.84. The zero-order valence-electron chi connectivity index (χ0n) is 10.4. The van der Waals surface area contributed by atoms with Crippen LogP contribution in [-0.4, -0.2) is 12.6 Å². The van der Waals surface area contributed by atoms with Crippen molar-refractivity contribution in [2.24, 2.45) is 0 Å². The first-order chi connectivity index (χ1) is 8.01. The van der Waals surface area contributed by atoms with Gasteiger partial charge in [0, 0.05) is 17.9 Å². The Hall–Kier alpha value is -0.640. The van der Waals surface area contributed by atoms with Crippen LogP contribution in [0.2, 0.25) is 0 Å². The van der Waals surface area contributed by atoms with Crippen molar-refractivity contribution in [2.45, 2.75) is 38.6 Å². The van der Waals surface area contributed by atoms with Gasteiger partial charge in [-0.1, -0.05) is 22.9 Å². The second kappa shape index (κ2) is 6.34. The lowest BCUT2D eigenvalue weighted by atomic mass is 10.1. The van der Waals surface area contributed by atoms with Gasteiger partial charge in [-0.15, -0.1) is 0 Å². The molecule has 0 N–H and O–H groups in total. The molecule has 0 aliphatic rings. The Kier molecular flexibility index (Phi) is 5.37. The Morgan fingerprint density at radius 2 is 1.76 bits per heavy atom. The highest BCUT2D eigenvalue weighted by Gasteiger charge is 2.19. The average molecular weight is 306 g/mol. The Labute approximate surface area is 110 Å². The van der Waals surface area contributed by atoms with Gasteiger partial charge in [-0.2, -0.15) is 0 Å². The summed E-state index contributed by atoms with van der Waals surface area (Å²) < 4.78 is 27.9. The Morgan fingerprint density at radius 3 is 2.12 bits per heavy atom. The van der Waals surface area contributed by atoms with Crippen LogP contribution < -0.4 is 4.90 Å². The third kappa shape index (κ3) is 3.41. The van der Waals surface area contributed by atoms with E-state index < -0.39 is 11.6 Å². The van der Waals surface area contributed by atoms with Crippen LogP contribution in [0.3, 0.4) is 0 Å². The molecule has 0 aliphatic heterocycles. The van der Waals surface area contributed by atoms with Crippen molar-refractivity contribution in [1.29, 1.82) is 0 Å². The number of hydrogen-bond donors (Lipinski definition) is 0. The largest absolute Gasteiger partial charge is 0.364 e. The SMILES string of the molecule is CCCN(c1c(F)cc(CBr)cc1F)C(C)C. The summed E-state index contributed by atoms with van der Waals surface area (Å²) in [6, 6.07) is 2.85. The van der Waals surface area contributed by atoms with E-state index in [1.165, 1.54) is 12.1 Å². The fourth-order valence-corrected chi connectivity index (χ4v) is 2.16. The van der Waals surface area contributed by atoms with Crippen LogP contribution in [0.4, 0.5) is 14.5 Å². The second-order valence-electron chi connectivity index (χ2n) is 4.33. The van der Waals surface area contributed by atoms with Crippen molar-refractivity contribution in [3.8, 4) is 0 Å². The number of benzene rings is 1. The van der Waals surface area contributed by atoms with Crippen LogP contribution in [0, 0.1) is 11.6 Å². The molecule has 17 heavy (non-hydrogen) atoms. The number of anilines is 1. The predicted molar refractivity (Wildman–Crippen MR) is 71.8 cm³/mol. The van der Waals surface area contributed by atoms with E-state index in [2.05, 4.69) is 15.9 Å². The first-order valence-corrected chi connectivity index (χ1v) is 6.93. The number of rotatable bonds is 5. The highest BCUT2D eigenvalue weighted by Crippen LogP contribution is 2.27. The molecule has 0 aliphatic carbocycles. The molecule has 0 fully saturated rings. The van der Waals surface area contributed by atoms with Gasteiger partial charge in [0.15, 0.2) is 0 Å². The van der Waals surface area contributed by atoms with E-state index in [0.29, 0.717) is 17.4 Å². The maximum absolute atomic E-state index is 13.9. The van der Waals surface area contributed by atoms with Gasteiger partial charge in [0.1, 0.15) is 17.3 Å². The van der Waals surface area contributed by atoms with Crippen LogP contribution in [0.25, 0.3) is 0 Å². The molecular weight excluding hydrogens is 288 g/mol. The van der Waals surface area contributed by atoms with Gasteiger partial charge in [-0.25, -0.2) is 8.78 Å². The monoisotopic (exact) mass is 305 g/mol. The molecule has 1 rings (SSSR count). The number of hydrogen-bond acceptors (Lipinski definition) is 1. The predicted octanol–water partition coefficient (Wildman–Crippen LogP) is 4.48. The van der Waals surface area contributed by atoms with Crippen LogP contribution >= 0.6 is 15.9 Å². The third-order valence-corrected chi connectivity index (χ3v) is 3.25. The van der Waals surface area contributed by atoms with Crippen molar-refractivity contribution in [3.05, 3.63) is 29.3 Å². The van der Waals surface area contributed by atoms with Crippen molar-refractivity contribution in [3.63, 3.8) is 0 Å². The van der Waals surface area contributed by atoms with Crippen molar-refractivity contribution in [1.82, 2.24) is 0 Å². The van der Waals surface area contributed by atoms with Crippen LogP contribution in [0.1, 0.15) is 32.8 Å². The van der Waals surface area contributed by atoms with E-state index in [1.807, 2.05) is 20.8 Å². The molecule has 1 aromatic carbocycles. The van der Waals surface area contributed by atoms with E-state index in [0.717, 1.165) is 6.42 Å². The van der Waals surface area contributed by atoms with E-state index in [4.69, 9.17) is 0 Å². The quantitative estimate of drug-likeness (QED) is 0.725. The molecule has 0 heterocycles. The lowest BCUT2D eigenvalue weighted by Gasteiger charge is -2.29. The molecule has 0 atom stereocenters. The average Bonchev–Trinajstić information content (AvgIpc) is 2.26. The zero-order chi connectivity index (χ0) is 13.0. The van der Waals surface area contributed by atoms with Gasteiger partial charge >= 0.3 is 0 Å². The fraction of sp³-hybridized carbons (Fsp3) is 0.538. The van der Waals surface area contributed by atoms with Crippen LogP contribution in [0.5, 0.6) is 0 Å². The summed E-state index contributed by atoms with van der Waals surface area (Å²) >= 11 is 3.20. The molecule has 0 unspecified atom stereocenters. The van der Waals surface area contributed by atoms with Crippen LogP contribution in [-0.2, 0) is 5.33 Å². The van der Waals surface area contributed by atoms with E-state index in [9.17, 15) is 8.78 Å². The number of halogens is 3. The summed E-state index contributed by atoms with van der Waals surface area (Å²) in [5.41, 5.74) is 0.704. The summed E-state index contributed by atoms with van der Waals surface area (Å²) in [4.78, 5) is 1.77. The summed E-state index contributed by atoms with van der Waals surface area (Å²) in [6.07, 6.45) is 0.858. The molecule has 0 spiro atoms. The van der Waals surface area contributed by atoms with E-state index in [1.54, 1.807) is 4.90 Å². The molecule has 96 valence electrons. The normalized spacial score (nSPS) is 11.0. The highest BCUT2D eigenvalue weighted by atomic mass is 79.9. The van der Waals surface area contributed by atoms with Gasteiger partial charge in [-0.3, -0.25) is 0 Å². The summed E-state index contributed by atoms with van der Waals surface area (Å²) in [5, 5.41) is 0.455. The molecule has 1 aromatic rings. The summed E-state index contributed by atoms with van der Waals surface area (Å²) in [7, 11) is 0. The van der Waals surface area contributed by atoms with Gasteiger partial charge in [0.05, 0.1) is 0 Å². The first kappa shape index (κ1) is 14.4. The molecule has 0 radical (unpaired) electrons. The Morgan fingerprint density at radius 1 is 1.24 bits per heavy atom.